The van der Waals surface area contributed by atoms with Gasteiger partial charge in [0.25, 0.3) is 0 Å². The topological polar surface area (TPSA) is 97.3 Å². The van der Waals surface area contributed by atoms with Crippen LogP contribution in [0.3, 0.4) is 0 Å². The van der Waals surface area contributed by atoms with Crippen molar-refractivity contribution in [3.05, 3.63) is 105 Å². The summed E-state index contributed by atoms with van der Waals surface area (Å²) in [5, 5.41) is 20.4. The maximum Gasteiger partial charge on any atom is 0.182 e. The molecule has 0 N–H and O–H groups in total. The Bertz CT molecular complexity index is 833. The Kier molecular flexibility index (Phi) is 10.3. The molecule has 0 radical (unpaired) electrons. The molecule has 0 amide bonds. The molecule has 0 heterocycles. The molecule has 0 fully saturated rings. The van der Waals surface area contributed by atoms with Crippen molar-refractivity contribution in [2.75, 3.05) is 0 Å². The summed E-state index contributed by atoms with van der Waals surface area (Å²) in [5.41, 5.74) is 2.55. The summed E-state index contributed by atoms with van der Waals surface area (Å²) >= 11 is -0.941. The first-order valence-electron chi connectivity index (χ1n) is 8.21. The maximum absolute atomic E-state index is 10.2. The minimum Gasteiger partial charge on any atom is -0.545 e. The van der Waals surface area contributed by atoms with Crippen LogP contribution >= 0.6 is 21.2 Å². The molecule has 0 aliphatic carbocycles. The molecule has 0 saturated heterocycles. The third-order valence-corrected chi connectivity index (χ3v) is 4.62. The highest BCUT2D eigenvalue weighted by Gasteiger charge is 1.90. The van der Waals surface area contributed by atoms with Crippen molar-refractivity contribution >= 4 is 33.1 Å². The molecule has 0 aromatic heterocycles. The maximum atomic E-state index is 10.2. The fourth-order valence-corrected chi connectivity index (χ4v) is 2.55. The molecule has 5 nitrogen and oxygen atoms in total. The highest BCUT2D eigenvalue weighted by Crippen LogP contribution is 2.06. The van der Waals surface area contributed by atoms with Gasteiger partial charge in [0.2, 0.25) is 0 Å². The van der Waals surface area contributed by atoms with E-state index in [4.69, 9.17) is 0 Å². The Balaban J connectivity index is 0.000000212. The molecule has 146 valence electrons. The number of aryl methyl sites for hydroxylation is 2. The predicted octanol–water partition coefficient (Wildman–Crippen LogP) is 2.89. The summed E-state index contributed by atoms with van der Waals surface area (Å²) in [4.78, 5) is 20.4. The highest BCUT2D eigenvalue weighted by atomic mass is 127. The van der Waals surface area contributed by atoms with Crippen LogP contribution < -0.4 is 10.2 Å². The Labute approximate surface area is 174 Å². The van der Waals surface area contributed by atoms with Crippen molar-refractivity contribution in [1.82, 2.24) is 0 Å². The van der Waals surface area contributed by atoms with Gasteiger partial charge >= 0.3 is 0 Å². The normalized spacial score (nSPS) is 9.21. The second kappa shape index (κ2) is 12.5. The summed E-state index contributed by atoms with van der Waals surface area (Å²) in [6, 6.07) is 22.6. The molecule has 0 atom stereocenters. The lowest BCUT2D eigenvalue weighted by molar-refractivity contribution is -0.256. The van der Waals surface area contributed by atoms with Gasteiger partial charge in [-0.25, -0.2) is 0 Å². The van der Waals surface area contributed by atoms with Gasteiger partial charge in [-0.1, -0.05) is 77.9 Å². The van der Waals surface area contributed by atoms with Gasteiger partial charge in [0.15, 0.2) is 21.2 Å². The second-order valence-corrected chi connectivity index (χ2v) is 7.37. The average Bonchev–Trinajstić information content (AvgIpc) is 2.70. The number of carboxylic acids is 2. The van der Waals surface area contributed by atoms with Crippen LogP contribution in [0, 0.1) is 17.4 Å². The van der Waals surface area contributed by atoms with E-state index < -0.39 is 33.1 Å². The lowest BCUT2D eigenvalue weighted by atomic mass is 10.2. The molecular weight excluding hydrogens is 471 g/mol. The van der Waals surface area contributed by atoms with E-state index >= 15 is 0 Å². The van der Waals surface area contributed by atoms with Crippen LogP contribution in [0.1, 0.15) is 31.8 Å². The van der Waals surface area contributed by atoms with E-state index in [0.29, 0.717) is 0 Å². The van der Waals surface area contributed by atoms with E-state index in [9.17, 15) is 22.9 Å². The number of carboxylic acid groups (broad SMARTS) is 2. The van der Waals surface area contributed by atoms with E-state index in [1.165, 1.54) is 24.3 Å². The van der Waals surface area contributed by atoms with Gasteiger partial charge in [-0.05, 0) is 37.1 Å². The first kappa shape index (κ1) is 23.2. The Hall–Kier alpha value is -2.87. The number of carbonyl (C=O) groups is 2. The number of rotatable bonds is 3. The second-order valence-electron chi connectivity index (χ2n) is 5.68. The number of hydrogen-bond acceptors (Lipinski definition) is 5. The monoisotopic (exact) mass is 490 g/mol. The quantitative estimate of drug-likeness (QED) is 0.526. The number of hydrogen-bond donors (Lipinski definition) is 0. The van der Waals surface area contributed by atoms with E-state index in [1.807, 2.05) is 44.2 Å². The Morgan fingerprint density at radius 3 is 1.25 bits per heavy atom. The summed E-state index contributed by atoms with van der Waals surface area (Å²) in [6.07, 6.45) is 0. The zero-order chi connectivity index (χ0) is 20.9. The van der Waals surface area contributed by atoms with E-state index in [2.05, 4.69) is 0 Å². The van der Waals surface area contributed by atoms with Gasteiger partial charge in [0.1, 0.15) is 0 Å². The van der Waals surface area contributed by atoms with Gasteiger partial charge in [-0.2, -0.15) is 0 Å². The van der Waals surface area contributed by atoms with Crippen molar-refractivity contribution in [2.45, 2.75) is 13.8 Å². The van der Waals surface area contributed by atoms with Gasteiger partial charge in [0, 0.05) is 3.57 Å². The number of carbonyl (C=O) groups excluding carboxylic acids is 2. The van der Waals surface area contributed by atoms with Crippen LogP contribution in [0.4, 0.5) is 0 Å². The molecule has 28 heavy (non-hydrogen) atoms. The fourth-order valence-electron chi connectivity index (χ4n) is 1.85. The van der Waals surface area contributed by atoms with Crippen molar-refractivity contribution in [3.63, 3.8) is 0 Å². The van der Waals surface area contributed by atoms with Crippen LogP contribution in [0.2, 0.25) is 0 Å². The molecule has 6 heteroatoms. The van der Waals surface area contributed by atoms with Gasteiger partial charge in [-0.15, -0.1) is 0 Å². The first-order valence-corrected chi connectivity index (χ1v) is 10.2. The summed E-state index contributed by atoms with van der Waals surface area (Å²) < 4.78 is 11.2. The standard InChI is InChI=1S/2C8H8O2.C6H5IO/c2*1-6-2-4-7(5-3-6)8(9)10;8-7-6-4-2-1-3-5-6/h2*2-5H,1H3,(H,9,10);1-5H/p-2. The van der Waals surface area contributed by atoms with Crippen LogP contribution in [-0.4, -0.2) is 11.9 Å². The fraction of sp³-hybridized carbons (Fsp3) is 0.0909. The van der Waals surface area contributed by atoms with Crippen molar-refractivity contribution in [1.29, 1.82) is 0 Å². The molecule has 0 spiro atoms. The third-order valence-electron chi connectivity index (χ3n) is 3.40. The molecule has 0 unspecified atom stereocenters. The number of benzene rings is 3. The smallest absolute Gasteiger partial charge is 0.182 e. The first-order chi connectivity index (χ1) is 13.3. The van der Waals surface area contributed by atoms with E-state index in [-0.39, 0.29) is 11.1 Å². The summed E-state index contributed by atoms with van der Waals surface area (Å²) in [5.74, 6) is -2.25. The molecule has 3 rings (SSSR count). The lowest BCUT2D eigenvalue weighted by Crippen LogP contribution is -2.21. The zero-order valence-corrected chi connectivity index (χ0v) is 17.6. The average molecular weight is 490 g/mol. The molecule has 0 aliphatic heterocycles. The van der Waals surface area contributed by atoms with E-state index in [0.717, 1.165) is 14.7 Å². The zero-order valence-electron chi connectivity index (χ0n) is 15.4. The molecule has 3 aromatic rings. The van der Waals surface area contributed by atoms with Crippen LogP contribution in [0.5, 0.6) is 0 Å². The largest absolute Gasteiger partial charge is 0.545 e. The minimum absolute atomic E-state index is 0.227. The molecular formula is C22H19IO5-2. The lowest BCUT2D eigenvalue weighted by Gasteiger charge is -2.00. The summed E-state index contributed by atoms with van der Waals surface area (Å²) in [7, 11) is 0. The molecule has 0 saturated carbocycles. The van der Waals surface area contributed by atoms with Crippen molar-refractivity contribution in [2.24, 2.45) is 0 Å². The Morgan fingerprint density at radius 2 is 1.00 bits per heavy atom. The van der Waals surface area contributed by atoms with Gasteiger partial charge in [-0.3, -0.25) is 3.07 Å². The number of halogens is 1. The van der Waals surface area contributed by atoms with Gasteiger partial charge in [0.05, 0.1) is 11.9 Å². The van der Waals surface area contributed by atoms with Crippen molar-refractivity contribution in [3.8, 4) is 0 Å². The highest BCUT2D eigenvalue weighted by molar-refractivity contribution is 14.1. The van der Waals surface area contributed by atoms with Gasteiger partial charge < -0.3 is 19.8 Å². The molecule has 0 aliphatic rings. The number of aromatic carboxylic acids is 2. The van der Waals surface area contributed by atoms with Crippen LogP contribution in [0.15, 0.2) is 78.9 Å². The van der Waals surface area contributed by atoms with Crippen LogP contribution in [-0.2, 0) is 3.07 Å². The predicted molar refractivity (Wildman–Crippen MR) is 111 cm³/mol. The molecule has 0 bridgehead atoms. The minimum atomic E-state index is -1.12. The van der Waals surface area contributed by atoms with Crippen molar-refractivity contribution < 1.29 is 22.9 Å². The SMILES string of the molecule is Cc1ccc(C(=O)[O-])cc1.Cc1ccc(C(=O)[O-])cc1.O=Ic1ccccc1. The van der Waals surface area contributed by atoms with Crippen LogP contribution in [0.25, 0.3) is 0 Å². The Morgan fingerprint density at radius 1 is 0.643 bits per heavy atom. The van der Waals surface area contributed by atoms with E-state index in [1.54, 1.807) is 24.3 Å². The summed E-state index contributed by atoms with van der Waals surface area (Å²) in [6.45, 7) is 3.80. The molecule has 3 aromatic carbocycles. The third kappa shape index (κ3) is 9.18.